The van der Waals surface area contributed by atoms with Crippen molar-refractivity contribution in [2.24, 2.45) is 0 Å². The highest BCUT2D eigenvalue weighted by Gasteiger charge is 2.27. The average Bonchev–Trinajstić information content (AvgIpc) is 2.50. The molecule has 1 saturated heterocycles. The quantitative estimate of drug-likeness (QED) is 0.680. The van der Waals surface area contributed by atoms with Gasteiger partial charge in [0.05, 0.1) is 7.11 Å². The van der Waals surface area contributed by atoms with Gasteiger partial charge in [0.15, 0.2) is 0 Å². The normalized spacial score (nSPS) is 16.9. The fraction of sp³-hybridized carbons (Fsp3) is 0.769. The minimum absolute atomic E-state index is 0.00460. The number of carbonyl (C=O) groups is 3. The van der Waals surface area contributed by atoms with Gasteiger partial charge in [-0.1, -0.05) is 0 Å². The standard InChI is InChI=1S/C13H22N2O6/c1-15(9-5-7-21-8-6-9)13(19)14-10(12(17)18)3-4-11(16)20-2/h9-10H,3-8H2,1-2H3,(H,14,19)(H,17,18)/t10-/m1/s1. The zero-order chi connectivity index (χ0) is 15.8. The number of carboxylic acid groups (broad SMARTS) is 1. The first-order valence-corrected chi connectivity index (χ1v) is 6.86. The number of aliphatic carboxylic acids is 1. The van der Waals surface area contributed by atoms with Gasteiger partial charge in [0, 0.05) is 32.7 Å². The molecule has 0 aliphatic carbocycles. The summed E-state index contributed by atoms with van der Waals surface area (Å²) in [5.74, 6) is -1.68. The summed E-state index contributed by atoms with van der Waals surface area (Å²) in [6.45, 7) is 1.18. The summed E-state index contributed by atoms with van der Waals surface area (Å²) in [5, 5.41) is 11.5. The SMILES string of the molecule is COC(=O)CC[C@@H](NC(=O)N(C)C1CCOCC1)C(=O)O. The van der Waals surface area contributed by atoms with Crippen molar-refractivity contribution >= 4 is 18.0 Å². The number of carboxylic acids is 1. The molecule has 0 aromatic heterocycles. The predicted molar refractivity (Wildman–Crippen MR) is 72.8 cm³/mol. The van der Waals surface area contributed by atoms with Gasteiger partial charge in [-0.15, -0.1) is 0 Å². The third-order valence-electron chi connectivity index (χ3n) is 3.52. The summed E-state index contributed by atoms with van der Waals surface area (Å²) in [6.07, 6.45) is 1.39. The van der Waals surface area contributed by atoms with Crippen LogP contribution in [0, 0.1) is 0 Å². The lowest BCUT2D eigenvalue weighted by atomic mass is 10.1. The van der Waals surface area contributed by atoms with Crippen LogP contribution in [0.5, 0.6) is 0 Å². The Kier molecular flexibility index (Phi) is 6.93. The van der Waals surface area contributed by atoms with Crippen molar-refractivity contribution < 1.29 is 29.0 Å². The van der Waals surface area contributed by atoms with Crippen LogP contribution in [0.25, 0.3) is 0 Å². The highest BCUT2D eigenvalue weighted by atomic mass is 16.5. The Morgan fingerprint density at radius 3 is 2.52 bits per heavy atom. The van der Waals surface area contributed by atoms with Crippen LogP contribution in [0.4, 0.5) is 4.79 Å². The maximum atomic E-state index is 12.1. The predicted octanol–water partition coefficient (Wildman–Crippen LogP) is 0.213. The largest absolute Gasteiger partial charge is 0.480 e. The van der Waals surface area contributed by atoms with Gasteiger partial charge in [-0.3, -0.25) is 4.79 Å². The van der Waals surface area contributed by atoms with E-state index in [-0.39, 0.29) is 18.9 Å². The van der Waals surface area contributed by atoms with Crippen LogP contribution in [0.2, 0.25) is 0 Å². The Bertz CT molecular complexity index is 381. The topological polar surface area (TPSA) is 105 Å². The Morgan fingerprint density at radius 1 is 1.38 bits per heavy atom. The van der Waals surface area contributed by atoms with Crippen LogP contribution >= 0.6 is 0 Å². The van der Waals surface area contributed by atoms with Crippen molar-refractivity contribution in [2.45, 2.75) is 37.8 Å². The number of hydrogen-bond donors (Lipinski definition) is 2. The monoisotopic (exact) mass is 302 g/mol. The van der Waals surface area contributed by atoms with Crippen molar-refractivity contribution in [1.29, 1.82) is 0 Å². The molecule has 0 bridgehead atoms. The number of esters is 1. The number of amides is 2. The molecular weight excluding hydrogens is 280 g/mol. The molecule has 0 radical (unpaired) electrons. The molecule has 1 aliphatic heterocycles. The van der Waals surface area contributed by atoms with Crippen LogP contribution < -0.4 is 5.32 Å². The van der Waals surface area contributed by atoms with Crippen LogP contribution in [-0.2, 0) is 19.1 Å². The number of urea groups is 1. The Labute approximate surface area is 123 Å². The fourth-order valence-corrected chi connectivity index (χ4v) is 2.11. The summed E-state index contributed by atoms with van der Waals surface area (Å²) in [7, 11) is 2.86. The van der Waals surface area contributed by atoms with E-state index in [1.807, 2.05) is 0 Å². The Hall–Kier alpha value is -1.83. The maximum Gasteiger partial charge on any atom is 0.326 e. The average molecular weight is 302 g/mol. The van der Waals surface area contributed by atoms with Crippen molar-refractivity contribution in [1.82, 2.24) is 10.2 Å². The number of rotatable bonds is 6. The van der Waals surface area contributed by atoms with E-state index >= 15 is 0 Å². The van der Waals surface area contributed by atoms with E-state index in [0.717, 1.165) is 12.8 Å². The van der Waals surface area contributed by atoms with E-state index in [2.05, 4.69) is 10.1 Å². The molecule has 2 N–H and O–H groups in total. The summed E-state index contributed by atoms with van der Waals surface area (Å²) < 4.78 is 9.68. The van der Waals surface area contributed by atoms with Crippen molar-refractivity contribution in [3.8, 4) is 0 Å². The summed E-state index contributed by atoms with van der Waals surface area (Å²) in [6, 6.07) is -1.54. The molecule has 0 spiro atoms. The molecule has 0 aromatic carbocycles. The smallest absolute Gasteiger partial charge is 0.326 e. The van der Waals surface area contributed by atoms with Gasteiger partial charge in [0.1, 0.15) is 6.04 Å². The molecular formula is C13H22N2O6. The molecule has 1 heterocycles. The van der Waals surface area contributed by atoms with E-state index in [1.54, 1.807) is 7.05 Å². The van der Waals surface area contributed by atoms with E-state index in [0.29, 0.717) is 13.2 Å². The fourth-order valence-electron chi connectivity index (χ4n) is 2.11. The number of ether oxygens (including phenoxy) is 2. The summed E-state index contributed by atoms with van der Waals surface area (Å²) in [5.41, 5.74) is 0. The first-order valence-electron chi connectivity index (χ1n) is 6.86. The van der Waals surface area contributed by atoms with Gasteiger partial charge in [-0.2, -0.15) is 0 Å². The maximum absolute atomic E-state index is 12.1. The second-order valence-corrected chi connectivity index (χ2v) is 4.91. The van der Waals surface area contributed by atoms with Gasteiger partial charge in [-0.25, -0.2) is 9.59 Å². The van der Waals surface area contributed by atoms with Crippen LogP contribution in [0.1, 0.15) is 25.7 Å². The lowest BCUT2D eigenvalue weighted by Gasteiger charge is -2.32. The van der Waals surface area contributed by atoms with E-state index in [4.69, 9.17) is 9.84 Å². The van der Waals surface area contributed by atoms with Gasteiger partial charge >= 0.3 is 18.0 Å². The second kappa shape index (κ2) is 8.46. The third-order valence-corrected chi connectivity index (χ3v) is 3.52. The molecule has 0 saturated carbocycles. The number of methoxy groups -OCH3 is 1. The van der Waals surface area contributed by atoms with E-state index in [1.165, 1.54) is 12.0 Å². The minimum Gasteiger partial charge on any atom is -0.480 e. The highest BCUT2D eigenvalue weighted by molar-refractivity contribution is 5.83. The second-order valence-electron chi connectivity index (χ2n) is 4.91. The number of carbonyl (C=O) groups excluding carboxylic acids is 2. The Morgan fingerprint density at radius 2 is 2.00 bits per heavy atom. The molecule has 8 heteroatoms. The summed E-state index contributed by atoms with van der Waals surface area (Å²) >= 11 is 0. The molecule has 0 unspecified atom stereocenters. The molecule has 8 nitrogen and oxygen atoms in total. The van der Waals surface area contributed by atoms with E-state index < -0.39 is 24.0 Å². The first-order chi connectivity index (χ1) is 9.95. The zero-order valence-corrected chi connectivity index (χ0v) is 12.3. The number of nitrogens with one attached hydrogen (secondary N) is 1. The first kappa shape index (κ1) is 17.2. The molecule has 21 heavy (non-hydrogen) atoms. The molecule has 1 fully saturated rings. The van der Waals surface area contributed by atoms with E-state index in [9.17, 15) is 14.4 Å². The zero-order valence-electron chi connectivity index (χ0n) is 12.3. The molecule has 1 atom stereocenters. The van der Waals surface area contributed by atoms with Crippen molar-refractivity contribution in [2.75, 3.05) is 27.4 Å². The molecule has 1 rings (SSSR count). The molecule has 0 aromatic rings. The van der Waals surface area contributed by atoms with Gasteiger partial charge in [0.25, 0.3) is 0 Å². The van der Waals surface area contributed by atoms with Crippen molar-refractivity contribution in [3.63, 3.8) is 0 Å². The molecule has 1 aliphatic rings. The Balaban J connectivity index is 2.50. The lowest BCUT2D eigenvalue weighted by Crippen LogP contribution is -2.51. The molecule has 120 valence electrons. The van der Waals surface area contributed by atoms with Crippen LogP contribution in [-0.4, -0.2) is 67.4 Å². The van der Waals surface area contributed by atoms with Gasteiger partial charge < -0.3 is 24.8 Å². The number of nitrogens with zero attached hydrogens (tertiary/aromatic N) is 1. The summed E-state index contributed by atoms with van der Waals surface area (Å²) in [4.78, 5) is 35.7. The lowest BCUT2D eigenvalue weighted by molar-refractivity contribution is -0.142. The van der Waals surface area contributed by atoms with Crippen LogP contribution in [0.3, 0.4) is 0 Å². The van der Waals surface area contributed by atoms with Gasteiger partial charge in [-0.05, 0) is 19.3 Å². The van der Waals surface area contributed by atoms with Crippen LogP contribution in [0.15, 0.2) is 0 Å². The minimum atomic E-state index is -1.17. The van der Waals surface area contributed by atoms with Gasteiger partial charge in [0.2, 0.25) is 0 Å². The molecule has 2 amide bonds. The highest BCUT2D eigenvalue weighted by Crippen LogP contribution is 2.13. The number of hydrogen-bond acceptors (Lipinski definition) is 5. The van der Waals surface area contributed by atoms with Crippen molar-refractivity contribution in [3.05, 3.63) is 0 Å². The third kappa shape index (κ3) is 5.58.